The fourth-order valence-corrected chi connectivity index (χ4v) is 4.55. The number of sulfonamides is 1. The standard InChI is InChI=1S/C19H19Cl2FN2O5S/c1-24(11-13-5-7-14(22)8-6-13)17(25)12-29-18(26)9-10-23-30(27,28)19-15(20)3-2-4-16(19)21/h2-8,23H,9-12H2,1H3. The first-order chi connectivity index (χ1) is 14.1. The van der Waals surface area contributed by atoms with Crippen LogP contribution in [0.15, 0.2) is 47.4 Å². The number of nitrogens with zero attached hydrogens (tertiary/aromatic N) is 1. The lowest BCUT2D eigenvalue weighted by Crippen LogP contribution is -2.32. The number of hydrogen-bond acceptors (Lipinski definition) is 5. The zero-order chi connectivity index (χ0) is 22.3. The zero-order valence-electron chi connectivity index (χ0n) is 15.9. The predicted molar refractivity (Wildman–Crippen MR) is 110 cm³/mol. The van der Waals surface area contributed by atoms with Crippen LogP contribution in [0.2, 0.25) is 10.0 Å². The van der Waals surface area contributed by atoms with E-state index in [2.05, 4.69) is 4.72 Å². The Bertz CT molecular complexity index is 996. The van der Waals surface area contributed by atoms with Crippen LogP contribution in [-0.4, -0.2) is 45.4 Å². The molecule has 0 atom stereocenters. The van der Waals surface area contributed by atoms with Crippen molar-refractivity contribution in [3.8, 4) is 0 Å². The van der Waals surface area contributed by atoms with Gasteiger partial charge in [-0.3, -0.25) is 9.59 Å². The zero-order valence-corrected chi connectivity index (χ0v) is 18.2. The number of benzene rings is 2. The molecule has 2 aromatic carbocycles. The summed E-state index contributed by atoms with van der Waals surface area (Å²) in [4.78, 5) is 24.9. The summed E-state index contributed by atoms with van der Waals surface area (Å²) in [6.45, 7) is -0.545. The van der Waals surface area contributed by atoms with Crippen LogP contribution in [0.3, 0.4) is 0 Å². The quantitative estimate of drug-likeness (QED) is 0.561. The van der Waals surface area contributed by atoms with Crippen molar-refractivity contribution in [2.45, 2.75) is 17.9 Å². The molecule has 0 aliphatic carbocycles. The molecule has 0 saturated carbocycles. The molecular formula is C19H19Cl2FN2O5S. The summed E-state index contributed by atoms with van der Waals surface area (Å²) in [5.41, 5.74) is 0.714. The highest BCUT2D eigenvalue weighted by Gasteiger charge is 2.21. The molecule has 0 aliphatic rings. The Morgan fingerprint density at radius 1 is 1.10 bits per heavy atom. The Kier molecular flexibility index (Phi) is 8.60. The Labute approximate surface area is 183 Å². The van der Waals surface area contributed by atoms with Gasteiger partial charge in [0.25, 0.3) is 5.91 Å². The lowest BCUT2D eigenvalue weighted by molar-refractivity contribution is -0.151. The maximum absolute atomic E-state index is 12.9. The second-order valence-electron chi connectivity index (χ2n) is 6.24. The van der Waals surface area contributed by atoms with Gasteiger partial charge >= 0.3 is 5.97 Å². The van der Waals surface area contributed by atoms with Crippen molar-refractivity contribution in [1.29, 1.82) is 0 Å². The topological polar surface area (TPSA) is 92.8 Å². The van der Waals surface area contributed by atoms with E-state index in [0.29, 0.717) is 5.56 Å². The summed E-state index contributed by atoms with van der Waals surface area (Å²) in [6.07, 6.45) is -0.295. The number of likely N-dealkylation sites (N-methyl/N-ethyl adjacent to an activating group) is 1. The predicted octanol–water partition coefficient (Wildman–Crippen LogP) is 3.00. The van der Waals surface area contributed by atoms with Gasteiger partial charge in [0.2, 0.25) is 10.0 Å². The van der Waals surface area contributed by atoms with Gasteiger partial charge in [0.05, 0.1) is 16.5 Å². The van der Waals surface area contributed by atoms with Gasteiger partial charge in [0, 0.05) is 20.1 Å². The van der Waals surface area contributed by atoms with E-state index in [1.165, 1.54) is 42.3 Å². The van der Waals surface area contributed by atoms with Crippen molar-refractivity contribution in [1.82, 2.24) is 9.62 Å². The summed E-state index contributed by atoms with van der Waals surface area (Å²) in [5.74, 6) is -1.60. The van der Waals surface area contributed by atoms with Gasteiger partial charge in [-0.2, -0.15) is 0 Å². The molecule has 7 nitrogen and oxygen atoms in total. The van der Waals surface area contributed by atoms with Crippen LogP contribution in [0.4, 0.5) is 4.39 Å². The largest absolute Gasteiger partial charge is 0.456 e. The molecule has 2 aromatic rings. The fourth-order valence-electron chi connectivity index (χ4n) is 2.38. The smallest absolute Gasteiger partial charge is 0.307 e. The maximum Gasteiger partial charge on any atom is 0.307 e. The third-order valence-electron chi connectivity index (χ3n) is 3.92. The Balaban J connectivity index is 1.78. The molecule has 0 radical (unpaired) electrons. The molecule has 162 valence electrons. The van der Waals surface area contributed by atoms with E-state index in [4.69, 9.17) is 27.9 Å². The van der Waals surface area contributed by atoms with Gasteiger partial charge in [0.15, 0.2) is 6.61 Å². The van der Waals surface area contributed by atoms with Crippen molar-refractivity contribution in [3.63, 3.8) is 0 Å². The van der Waals surface area contributed by atoms with E-state index in [1.54, 1.807) is 12.1 Å². The molecule has 0 bridgehead atoms. The van der Waals surface area contributed by atoms with E-state index in [0.717, 1.165) is 0 Å². The molecular weight excluding hydrogens is 458 g/mol. The van der Waals surface area contributed by atoms with Gasteiger partial charge in [-0.1, -0.05) is 41.4 Å². The second kappa shape index (κ2) is 10.7. The number of esters is 1. The summed E-state index contributed by atoms with van der Waals surface area (Å²) >= 11 is 11.8. The van der Waals surface area contributed by atoms with Crippen LogP contribution in [0.25, 0.3) is 0 Å². The number of ether oxygens (including phenoxy) is 1. The molecule has 0 heterocycles. The maximum atomic E-state index is 12.9. The number of nitrogens with one attached hydrogen (secondary N) is 1. The second-order valence-corrected chi connectivity index (χ2v) is 8.75. The van der Waals surface area contributed by atoms with Gasteiger partial charge < -0.3 is 9.64 Å². The van der Waals surface area contributed by atoms with Crippen molar-refractivity contribution in [3.05, 3.63) is 63.9 Å². The van der Waals surface area contributed by atoms with Crippen LogP contribution >= 0.6 is 23.2 Å². The average molecular weight is 477 g/mol. The molecule has 0 aliphatic heterocycles. The summed E-state index contributed by atoms with van der Waals surface area (Å²) < 4.78 is 44.6. The Morgan fingerprint density at radius 2 is 1.70 bits per heavy atom. The van der Waals surface area contributed by atoms with Crippen molar-refractivity contribution < 1.29 is 27.1 Å². The van der Waals surface area contributed by atoms with Crippen LogP contribution in [0.1, 0.15) is 12.0 Å². The van der Waals surface area contributed by atoms with E-state index in [9.17, 15) is 22.4 Å². The molecule has 0 fully saturated rings. The molecule has 1 N–H and O–H groups in total. The lowest BCUT2D eigenvalue weighted by atomic mass is 10.2. The van der Waals surface area contributed by atoms with Crippen LogP contribution < -0.4 is 4.72 Å². The number of amides is 1. The SMILES string of the molecule is CN(Cc1ccc(F)cc1)C(=O)COC(=O)CCNS(=O)(=O)c1c(Cl)cccc1Cl. The molecule has 0 unspecified atom stereocenters. The average Bonchev–Trinajstić information content (AvgIpc) is 2.67. The van der Waals surface area contributed by atoms with E-state index >= 15 is 0 Å². The van der Waals surface area contributed by atoms with Crippen molar-refractivity contribution in [2.75, 3.05) is 20.2 Å². The van der Waals surface area contributed by atoms with E-state index in [-0.39, 0.29) is 40.3 Å². The van der Waals surface area contributed by atoms with Gasteiger partial charge in [-0.25, -0.2) is 17.5 Å². The number of hydrogen-bond donors (Lipinski definition) is 1. The van der Waals surface area contributed by atoms with Gasteiger partial charge in [-0.05, 0) is 29.8 Å². The first-order valence-corrected chi connectivity index (χ1v) is 10.9. The molecule has 0 saturated heterocycles. The number of carbonyl (C=O) groups excluding carboxylic acids is 2. The third-order valence-corrected chi connectivity index (χ3v) is 6.34. The summed E-state index contributed by atoms with van der Waals surface area (Å²) in [5, 5.41) is -0.0975. The molecule has 2 rings (SSSR count). The van der Waals surface area contributed by atoms with Crippen molar-refractivity contribution in [2.24, 2.45) is 0 Å². The number of halogens is 3. The van der Waals surface area contributed by atoms with E-state index in [1.807, 2.05) is 0 Å². The minimum atomic E-state index is -4.02. The molecule has 0 spiro atoms. The molecule has 30 heavy (non-hydrogen) atoms. The lowest BCUT2D eigenvalue weighted by Gasteiger charge is -2.17. The Morgan fingerprint density at radius 3 is 2.30 bits per heavy atom. The normalized spacial score (nSPS) is 11.2. The van der Waals surface area contributed by atoms with Gasteiger partial charge in [-0.15, -0.1) is 0 Å². The Hall–Kier alpha value is -2.20. The van der Waals surface area contributed by atoms with E-state index < -0.39 is 28.5 Å². The number of carbonyl (C=O) groups is 2. The minimum Gasteiger partial charge on any atom is -0.456 e. The highest BCUT2D eigenvalue weighted by Crippen LogP contribution is 2.28. The van der Waals surface area contributed by atoms with Crippen LogP contribution in [0.5, 0.6) is 0 Å². The van der Waals surface area contributed by atoms with Crippen molar-refractivity contribution >= 4 is 45.1 Å². The highest BCUT2D eigenvalue weighted by atomic mass is 35.5. The fraction of sp³-hybridized carbons (Fsp3) is 0.263. The van der Waals surface area contributed by atoms with Crippen LogP contribution in [-0.2, 0) is 30.9 Å². The summed E-state index contributed by atoms with van der Waals surface area (Å²) in [7, 11) is -2.51. The molecule has 0 aromatic heterocycles. The third kappa shape index (κ3) is 6.94. The minimum absolute atomic E-state index is 0.0487. The molecule has 11 heteroatoms. The first kappa shape index (κ1) is 24.1. The summed E-state index contributed by atoms with van der Waals surface area (Å²) in [6, 6.07) is 9.92. The van der Waals surface area contributed by atoms with Gasteiger partial charge in [0.1, 0.15) is 10.7 Å². The first-order valence-electron chi connectivity index (χ1n) is 8.68. The van der Waals surface area contributed by atoms with Crippen LogP contribution in [0, 0.1) is 5.82 Å². The molecule has 1 amide bonds. The monoisotopic (exact) mass is 476 g/mol. The number of rotatable bonds is 9. The highest BCUT2D eigenvalue weighted by molar-refractivity contribution is 7.89.